The second-order valence-corrected chi connectivity index (χ2v) is 5.15. The van der Waals surface area contributed by atoms with Crippen LogP contribution in [0.1, 0.15) is 65.7 Å². The maximum atomic E-state index is 4.40. The molecule has 0 heterocycles. The lowest BCUT2D eigenvalue weighted by Crippen LogP contribution is -2.37. The first-order valence-electron chi connectivity index (χ1n) is 7.14. The van der Waals surface area contributed by atoms with Crippen LogP contribution in [-0.2, 0) is 0 Å². The zero-order valence-corrected chi connectivity index (χ0v) is 12.4. The predicted molar refractivity (Wildman–Crippen MR) is 78.6 cm³/mol. The summed E-state index contributed by atoms with van der Waals surface area (Å²) in [5, 5.41) is 0. The van der Waals surface area contributed by atoms with Gasteiger partial charge >= 0.3 is 0 Å². The standard InChI is InChI=1S/C14H31NS/c1-4-7-11-15(12-8-5-2)14(9-6-3)10-13-16/h14,16H,4-13H2,1-3H3. The van der Waals surface area contributed by atoms with Gasteiger partial charge in [0.15, 0.2) is 0 Å². The number of hydrogen-bond donors (Lipinski definition) is 1. The van der Waals surface area contributed by atoms with E-state index in [0.29, 0.717) is 0 Å². The second kappa shape index (κ2) is 11.8. The van der Waals surface area contributed by atoms with Crippen LogP contribution in [0, 0.1) is 0 Å². The number of nitrogens with zero attached hydrogens (tertiary/aromatic N) is 1. The van der Waals surface area contributed by atoms with Crippen molar-refractivity contribution >= 4 is 12.6 Å². The van der Waals surface area contributed by atoms with Gasteiger partial charge < -0.3 is 4.90 Å². The molecule has 0 saturated carbocycles. The molecule has 0 spiro atoms. The largest absolute Gasteiger partial charge is 0.300 e. The van der Waals surface area contributed by atoms with Gasteiger partial charge in [-0.2, -0.15) is 12.6 Å². The fraction of sp³-hybridized carbons (Fsp3) is 1.00. The van der Waals surface area contributed by atoms with Crippen molar-refractivity contribution in [3.05, 3.63) is 0 Å². The summed E-state index contributed by atoms with van der Waals surface area (Å²) >= 11 is 4.40. The molecule has 0 N–H and O–H groups in total. The molecule has 0 aromatic heterocycles. The van der Waals surface area contributed by atoms with Crippen LogP contribution >= 0.6 is 12.6 Å². The van der Waals surface area contributed by atoms with E-state index < -0.39 is 0 Å². The van der Waals surface area contributed by atoms with Gasteiger partial charge in [0.05, 0.1) is 0 Å². The molecule has 0 amide bonds. The van der Waals surface area contributed by atoms with Crippen molar-refractivity contribution in [3.63, 3.8) is 0 Å². The van der Waals surface area contributed by atoms with E-state index in [0.717, 1.165) is 11.8 Å². The first-order valence-corrected chi connectivity index (χ1v) is 7.78. The number of hydrogen-bond acceptors (Lipinski definition) is 2. The topological polar surface area (TPSA) is 3.24 Å². The molecule has 0 fully saturated rings. The van der Waals surface area contributed by atoms with Crippen LogP contribution in [0.25, 0.3) is 0 Å². The highest BCUT2D eigenvalue weighted by Crippen LogP contribution is 2.14. The Morgan fingerprint density at radius 2 is 1.44 bits per heavy atom. The summed E-state index contributed by atoms with van der Waals surface area (Å²) in [4.78, 5) is 2.72. The molecule has 16 heavy (non-hydrogen) atoms. The van der Waals surface area contributed by atoms with Crippen molar-refractivity contribution in [2.75, 3.05) is 18.8 Å². The van der Waals surface area contributed by atoms with Crippen molar-refractivity contribution in [2.24, 2.45) is 0 Å². The van der Waals surface area contributed by atoms with Gasteiger partial charge in [0, 0.05) is 6.04 Å². The minimum atomic E-state index is 0.778. The molecule has 0 rings (SSSR count). The molecule has 0 aliphatic heterocycles. The molecule has 1 unspecified atom stereocenters. The fourth-order valence-electron chi connectivity index (χ4n) is 2.19. The third-order valence-corrected chi connectivity index (χ3v) is 3.46. The molecule has 0 bridgehead atoms. The number of unbranched alkanes of at least 4 members (excludes halogenated alkanes) is 2. The zero-order valence-electron chi connectivity index (χ0n) is 11.5. The van der Waals surface area contributed by atoms with Crippen LogP contribution in [0.15, 0.2) is 0 Å². The predicted octanol–water partition coefficient (Wildman–Crippen LogP) is 4.38. The van der Waals surface area contributed by atoms with E-state index in [9.17, 15) is 0 Å². The van der Waals surface area contributed by atoms with Crippen LogP contribution in [0.3, 0.4) is 0 Å². The molecule has 1 atom stereocenters. The molecule has 0 aromatic carbocycles. The highest BCUT2D eigenvalue weighted by molar-refractivity contribution is 7.80. The minimum absolute atomic E-state index is 0.778. The molecule has 98 valence electrons. The third-order valence-electron chi connectivity index (χ3n) is 3.20. The zero-order chi connectivity index (χ0) is 12.2. The van der Waals surface area contributed by atoms with Crippen molar-refractivity contribution in [3.8, 4) is 0 Å². The molecule has 2 heteroatoms. The van der Waals surface area contributed by atoms with E-state index in [1.165, 1.54) is 58.0 Å². The van der Waals surface area contributed by atoms with E-state index in [2.05, 4.69) is 38.3 Å². The van der Waals surface area contributed by atoms with Crippen molar-refractivity contribution in [1.29, 1.82) is 0 Å². The Labute approximate surface area is 108 Å². The van der Waals surface area contributed by atoms with E-state index in [4.69, 9.17) is 0 Å². The molecule has 0 aliphatic carbocycles. The summed E-state index contributed by atoms with van der Waals surface area (Å²) in [5.74, 6) is 1.03. The monoisotopic (exact) mass is 245 g/mol. The fourth-order valence-corrected chi connectivity index (χ4v) is 2.49. The average molecular weight is 245 g/mol. The summed E-state index contributed by atoms with van der Waals surface area (Å²) in [6.07, 6.45) is 9.20. The van der Waals surface area contributed by atoms with Crippen LogP contribution in [0.2, 0.25) is 0 Å². The van der Waals surface area contributed by atoms with E-state index in [1.807, 2.05) is 0 Å². The number of rotatable bonds is 11. The Morgan fingerprint density at radius 3 is 1.81 bits per heavy atom. The molecular weight excluding hydrogens is 214 g/mol. The van der Waals surface area contributed by atoms with Crippen LogP contribution in [-0.4, -0.2) is 29.8 Å². The Hall–Kier alpha value is 0.310. The highest BCUT2D eigenvalue weighted by Gasteiger charge is 2.15. The van der Waals surface area contributed by atoms with Gasteiger partial charge in [-0.3, -0.25) is 0 Å². The van der Waals surface area contributed by atoms with Gasteiger partial charge in [0.1, 0.15) is 0 Å². The molecule has 1 nitrogen and oxygen atoms in total. The van der Waals surface area contributed by atoms with Gasteiger partial charge in [-0.15, -0.1) is 0 Å². The summed E-state index contributed by atoms with van der Waals surface area (Å²) in [5.41, 5.74) is 0. The lowest BCUT2D eigenvalue weighted by molar-refractivity contribution is 0.176. The molecule has 0 radical (unpaired) electrons. The van der Waals surface area contributed by atoms with Gasteiger partial charge in [-0.1, -0.05) is 40.0 Å². The molecule has 0 aromatic rings. The van der Waals surface area contributed by atoms with Crippen molar-refractivity contribution in [2.45, 2.75) is 71.8 Å². The van der Waals surface area contributed by atoms with Crippen LogP contribution in [0.5, 0.6) is 0 Å². The van der Waals surface area contributed by atoms with Gasteiger partial charge in [-0.25, -0.2) is 0 Å². The average Bonchev–Trinajstić information content (AvgIpc) is 2.29. The molecule has 0 aliphatic rings. The van der Waals surface area contributed by atoms with E-state index >= 15 is 0 Å². The summed E-state index contributed by atoms with van der Waals surface area (Å²) in [6, 6.07) is 0.778. The minimum Gasteiger partial charge on any atom is -0.300 e. The first-order chi connectivity index (χ1) is 7.79. The summed E-state index contributed by atoms with van der Waals surface area (Å²) < 4.78 is 0. The van der Waals surface area contributed by atoms with E-state index in [1.54, 1.807) is 0 Å². The third kappa shape index (κ3) is 7.56. The van der Waals surface area contributed by atoms with Crippen LogP contribution < -0.4 is 0 Å². The van der Waals surface area contributed by atoms with Gasteiger partial charge in [0.2, 0.25) is 0 Å². The second-order valence-electron chi connectivity index (χ2n) is 4.70. The van der Waals surface area contributed by atoms with Crippen LogP contribution in [0.4, 0.5) is 0 Å². The quantitative estimate of drug-likeness (QED) is 0.529. The Morgan fingerprint density at radius 1 is 0.875 bits per heavy atom. The van der Waals surface area contributed by atoms with Crippen molar-refractivity contribution < 1.29 is 0 Å². The lowest BCUT2D eigenvalue weighted by atomic mass is 10.1. The highest BCUT2D eigenvalue weighted by atomic mass is 32.1. The molecule has 0 saturated heterocycles. The van der Waals surface area contributed by atoms with E-state index in [-0.39, 0.29) is 0 Å². The smallest absolute Gasteiger partial charge is 0.0103 e. The number of thiol groups is 1. The van der Waals surface area contributed by atoms with Gasteiger partial charge in [-0.05, 0) is 44.5 Å². The van der Waals surface area contributed by atoms with Crippen molar-refractivity contribution in [1.82, 2.24) is 4.90 Å². The Bertz CT molecular complexity index is 125. The normalized spacial score (nSPS) is 13.3. The molecular formula is C14H31NS. The Balaban J connectivity index is 4.15. The maximum absolute atomic E-state index is 4.40. The Kier molecular flexibility index (Phi) is 12.0. The van der Waals surface area contributed by atoms with Gasteiger partial charge in [0.25, 0.3) is 0 Å². The summed E-state index contributed by atoms with van der Waals surface area (Å²) in [7, 11) is 0. The SMILES string of the molecule is CCCCN(CCCC)C(CCC)CCS. The first kappa shape index (κ1) is 16.3. The summed E-state index contributed by atoms with van der Waals surface area (Å²) in [6.45, 7) is 9.43. The lowest BCUT2D eigenvalue weighted by Gasteiger charge is -2.31. The maximum Gasteiger partial charge on any atom is 0.0103 e.